The van der Waals surface area contributed by atoms with E-state index >= 15 is 0 Å². The van der Waals surface area contributed by atoms with Crippen LogP contribution in [-0.2, 0) is 15.1 Å². The molecule has 1 unspecified atom stereocenters. The average Bonchev–Trinajstić information content (AvgIpc) is 2.25. The Labute approximate surface area is 129 Å². The van der Waals surface area contributed by atoms with Crippen molar-refractivity contribution in [3.8, 4) is 0 Å². The van der Waals surface area contributed by atoms with Gasteiger partial charge in [-0.15, -0.1) is 0 Å². The lowest BCUT2D eigenvalue weighted by Gasteiger charge is -2.32. The minimum absolute atomic E-state index is 0.113. The second-order valence-corrected chi connectivity index (χ2v) is 14.4. The van der Waals surface area contributed by atoms with E-state index in [2.05, 4.69) is 4.03 Å². The molecule has 0 spiro atoms. The molecule has 2 nitrogen and oxygen atoms in total. The lowest BCUT2D eigenvalue weighted by molar-refractivity contribution is -0.137. The Morgan fingerprint density at radius 3 is 1.86 bits per heavy atom. The van der Waals surface area contributed by atoms with Crippen LogP contribution in [0.2, 0.25) is 18.1 Å². The molecule has 0 fully saturated rings. The number of nitrogens with zero attached hydrogens (tertiary/aromatic N) is 1. The molecule has 0 aliphatic carbocycles. The fourth-order valence-electron chi connectivity index (χ4n) is 1.29. The zero-order chi connectivity index (χ0) is 16.7. The van der Waals surface area contributed by atoms with Crippen LogP contribution < -0.4 is 0 Å². The van der Waals surface area contributed by atoms with E-state index in [1.807, 2.05) is 33.9 Å². The van der Waals surface area contributed by atoms with Crippen molar-refractivity contribution in [3.05, 3.63) is 29.8 Å². The molecule has 1 atom stereocenters. The van der Waals surface area contributed by atoms with Crippen molar-refractivity contribution in [2.24, 2.45) is 4.03 Å². The number of benzene rings is 1. The van der Waals surface area contributed by atoms with Gasteiger partial charge in [-0.2, -0.15) is 13.2 Å². The predicted octanol–water partition coefficient (Wildman–Crippen LogP) is 5.69. The molecule has 1 rings (SSSR count). The third kappa shape index (κ3) is 4.47. The van der Waals surface area contributed by atoms with E-state index in [4.69, 9.17) is 10.7 Å². The molecule has 0 N–H and O–H groups in total. The monoisotopic (exact) mass is 357 g/mol. The molecule has 0 bridgehead atoms. The Kier molecular flexibility index (Phi) is 4.93. The van der Waals surface area contributed by atoms with Gasteiger partial charge in [0.1, 0.15) is 0 Å². The summed E-state index contributed by atoms with van der Waals surface area (Å²) in [5, 5.41) is -0.156. The van der Waals surface area contributed by atoms with Gasteiger partial charge < -0.3 is 0 Å². The summed E-state index contributed by atoms with van der Waals surface area (Å²) >= 11 is 0. The smallest absolute Gasteiger partial charge is 0.261 e. The Hall–Kier alpha value is -0.533. The van der Waals surface area contributed by atoms with E-state index in [9.17, 15) is 17.4 Å². The molecule has 0 saturated carbocycles. The van der Waals surface area contributed by atoms with Crippen molar-refractivity contribution in [2.75, 3.05) is 0 Å². The molecule has 1 aromatic carbocycles. The first-order valence-corrected chi connectivity index (χ1v) is 11.6. The quantitative estimate of drug-likeness (QED) is 0.493. The van der Waals surface area contributed by atoms with Crippen molar-refractivity contribution < 1.29 is 17.4 Å². The van der Waals surface area contributed by atoms with Crippen LogP contribution in [0.4, 0.5) is 13.2 Å². The van der Waals surface area contributed by atoms with Crippen molar-refractivity contribution in [2.45, 2.75) is 50.0 Å². The molecule has 0 amide bonds. The molecular weight excluding hydrogens is 339 g/mol. The fraction of sp³-hybridized carbons (Fsp3) is 0.538. The third-order valence-corrected chi connectivity index (χ3v) is 12.1. The van der Waals surface area contributed by atoms with E-state index in [0.717, 1.165) is 24.3 Å². The first-order chi connectivity index (χ1) is 9.17. The minimum Gasteiger partial charge on any atom is -0.261 e. The molecule has 0 aliphatic rings. The molecular formula is C13H19ClF3NOSSi. The Morgan fingerprint density at radius 2 is 1.52 bits per heavy atom. The second kappa shape index (κ2) is 5.59. The number of hydrogen-bond acceptors (Lipinski definition) is 2. The van der Waals surface area contributed by atoms with Crippen molar-refractivity contribution in [1.82, 2.24) is 0 Å². The lowest BCUT2D eigenvalue weighted by Crippen LogP contribution is -2.35. The van der Waals surface area contributed by atoms with Crippen LogP contribution >= 0.6 is 10.7 Å². The molecule has 0 radical (unpaired) electrons. The van der Waals surface area contributed by atoms with Gasteiger partial charge in [-0.1, -0.05) is 20.8 Å². The van der Waals surface area contributed by atoms with Gasteiger partial charge in [-0.05, 0) is 42.4 Å². The predicted molar refractivity (Wildman–Crippen MR) is 83.3 cm³/mol. The van der Waals surface area contributed by atoms with Gasteiger partial charge in [-0.25, -0.2) is 4.21 Å². The van der Waals surface area contributed by atoms with Gasteiger partial charge in [0, 0.05) is 10.7 Å². The molecule has 0 heterocycles. The maximum absolute atomic E-state index is 12.6. The van der Waals surface area contributed by atoms with Gasteiger partial charge in [-0.3, -0.25) is 4.03 Å². The molecule has 1 aromatic rings. The normalized spacial score (nSPS) is 16.4. The molecule has 8 heteroatoms. The van der Waals surface area contributed by atoms with Gasteiger partial charge in [0.2, 0.25) is 0 Å². The van der Waals surface area contributed by atoms with Crippen LogP contribution in [0.1, 0.15) is 26.3 Å². The highest BCUT2D eigenvalue weighted by molar-refractivity contribution is 8.16. The maximum Gasteiger partial charge on any atom is 0.416 e. The van der Waals surface area contributed by atoms with Gasteiger partial charge >= 0.3 is 6.18 Å². The van der Waals surface area contributed by atoms with Crippen LogP contribution in [0.5, 0.6) is 0 Å². The van der Waals surface area contributed by atoms with Crippen molar-refractivity contribution in [3.63, 3.8) is 0 Å². The second-order valence-electron chi connectivity index (χ2n) is 6.38. The highest BCUT2D eigenvalue weighted by Crippen LogP contribution is 2.39. The third-order valence-electron chi connectivity index (χ3n) is 3.65. The van der Waals surface area contributed by atoms with Crippen LogP contribution in [0.25, 0.3) is 0 Å². The van der Waals surface area contributed by atoms with E-state index < -0.39 is 28.9 Å². The summed E-state index contributed by atoms with van der Waals surface area (Å²) in [7, 11) is 0.534. The van der Waals surface area contributed by atoms with Crippen LogP contribution in [-0.4, -0.2) is 12.4 Å². The summed E-state index contributed by atoms with van der Waals surface area (Å²) in [5.74, 6) is 0. The Bertz CT molecular complexity index is 626. The van der Waals surface area contributed by atoms with E-state index in [0.29, 0.717) is 0 Å². The molecule has 0 aliphatic heterocycles. The Balaban J connectivity index is 3.29. The summed E-state index contributed by atoms with van der Waals surface area (Å²) in [4.78, 5) is 0.113. The maximum atomic E-state index is 12.6. The summed E-state index contributed by atoms with van der Waals surface area (Å²) in [6, 6.07) is 4.01. The minimum atomic E-state index is -4.43. The Morgan fingerprint density at radius 1 is 1.10 bits per heavy atom. The highest BCUT2D eigenvalue weighted by Gasteiger charge is 2.37. The topological polar surface area (TPSA) is 29.4 Å². The molecule has 21 heavy (non-hydrogen) atoms. The first kappa shape index (κ1) is 18.5. The molecule has 120 valence electrons. The van der Waals surface area contributed by atoms with Gasteiger partial charge in [0.25, 0.3) is 0 Å². The standard InChI is InChI=1S/C13H19ClF3NOSSi/c1-12(2,3)21(4,5)18-20(14,19)11-8-6-10(7-9-11)13(15,16)17/h6-9H,1-5H3. The fourth-order valence-corrected chi connectivity index (χ4v) is 7.49. The van der Waals surface area contributed by atoms with Crippen molar-refractivity contribution >= 4 is 27.9 Å². The molecule has 0 saturated heterocycles. The number of halogens is 4. The summed E-state index contributed by atoms with van der Waals surface area (Å²) in [6.45, 7) is 9.82. The summed E-state index contributed by atoms with van der Waals surface area (Å²) in [5.41, 5.74) is -0.801. The van der Waals surface area contributed by atoms with Crippen LogP contribution in [0.15, 0.2) is 33.2 Å². The summed E-state index contributed by atoms with van der Waals surface area (Å²) < 4.78 is 54.5. The zero-order valence-corrected chi connectivity index (χ0v) is 15.2. The first-order valence-electron chi connectivity index (χ1n) is 6.32. The number of hydrogen-bond donors (Lipinski definition) is 0. The molecule has 0 aromatic heterocycles. The SMILES string of the molecule is CC(C)(C)[Si](C)(C)N=S(=O)(Cl)c1ccc(C(F)(F)F)cc1. The summed E-state index contributed by atoms with van der Waals surface area (Å²) in [6.07, 6.45) is -4.43. The number of alkyl halides is 3. The number of rotatable bonds is 2. The van der Waals surface area contributed by atoms with Gasteiger partial charge in [0.05, 0.1) is 10.5 Å². The van der Waals surface area contributed by atoms with Gasteiger partial charge in [0.15, 0.2) is 17.2 Å². The highest BCUT2D eigenvalue weighted by atomic mass is 35.7. The van der Waals surface area contributed by atoms with Crippen molar-refractivity contribution in [1.29, 1.82) is 0 Å². The average molecular weight is 358 g/mol. The van der Waals surface area contributed by atoms with E-state index in [-0.39, 0.29) is 9.93 Å². The van der Waals surface area contributed by atoms with E-state index in [1.165, 1.54) is 0 Å². The largest absolute Gasteiger partial charge is 0.416 e. The van der Waals surface area contributed by atoms with Crippen LogP contribution in [0.3, 0.4) is 0 Å². The lowest BCUT2D eigenvalue weighted by atomic mass is 10.2. The van der Waals surface area contributed by atoms with Crippen LogP contribution in [0, 0.1) is 0 Å². The zero-order valence-electron chi connectivity index (χ0n) is 12.6. The van der Waals surface area contributed by atoms with E-state index in [1.54, 1.807) is 0 Å².